The van der Waals surface area contributed by atoms with Crippen LogP contribution in [0.4, 0.5) is 15.9 Å². The van der Waals surface area contributed by atoms with Crippen molar-refractivity contribution in [3.05, 3.63) is 64.8 Å². The highest BCUT2D eigenvalue weighted by atomic mass is 35.5. The van der Waals surface area contributed by atoms with Gasteiger partial charge in [0.2, 0.25) is 0 Å². The zero-order chi connectivity index (χ0) is 22.4. The fourth-order valence-electron chi connectivity index (χ4n) is 2.90. The van der Waals surface area contributed by atoms with E-state index in [0.29, 0.717) is 35.1 Å². The number of nitrogens with one attached hydrogen (secondary N) is 2. The van der Waals surface area contributed by atoms with Gasteiger partial charge in [-0.25, -0.2) is 14.4 Å². The summed E-state index contributed by atoms with van der Waals surface area (Å²) < 4.78 is 14.4. The maximum atomic E-state index is 14.4. The summed E-state index contributed by atoms with van der Waals surface area (Å²) in [4.78, 5) is 25.4. The zero-order valence-corrected chi connectivity index (χ0v) is 17.9. The van der Waals surface area contributed by atoms with Gasteiger partial charge in [-0.1, -0.05) is 25.4 Å². The summed E-state index contributed by atoms with van der Waals surface area (Å²) in [6.07, 6.45) is 5.09. The SMILES string of the molecule is CC(C)c1cnc(-c2cc(Cl)ccc2F)nc1Nc1ccncc1C(=O)NCCCO. The number of carbonyl (C=O) groups is 1. The van der Waals surface area contributed by atoms with Crippen LogP contribution in [0.2, 0.25) is 5.02 Å². The third kappa shape index (κ3) is 5.53. The number of rotatable bonds is 8. The first-order chi connectivity index (χ1) is 14.9. The van der Waals surface area contributed by atoms with Crippen LogP contribution in [0.5, 0.6) is 0 Å². The summed E-state index contributed by atoms with van der Waals surface area (Å²) in [6, 6.07) is 5.85. The van der Waals surface area contributed by atoms with Crippen molar-refractivity contribution >= 4 is 29.0 Å². The molecule has 0 aliphatic rings. The Hall–Kier alpha value is -3.10. The number of anilines is 2. The van der Waals surface area contributed by atoms with Crippen LogP contribution in [0.3, 0.4) is 0 Å². The van der Waals surface area contributed by atoms with E-state index in [4.69, 9.17) is 16.7 Å². The number of aliphatic hydroxyl groups excluding tert-OH is 1. The van der Waals surface area contributed by atoms with E-state index in [0.717, 1.165) is 5.56 Å². The van der Waals surface area contributed by atoms with Gasteiger partial charge in [0.15, 0.2) is 5.82 Å². The number of aromatic nitrogens is 3. The van der Waals surface area contributed by atoms with Gasteiger partial charge in [-0.2, -0.15) is 0 Å². The summed E-state index contributed by atoms with van der Waals surface area (Å²) in [5.41, 5.74) is 1.80. The summed E-state index contributed by atoms with van der Waals surface area (Å²) >= 11 is 6.02. The first-order valence-electron chi connectivity index (χ1n) is 9.83. The van der Waals surface area contributed by atoms with Gasteiger partial charge in [0.1, 0.15) is 11.6 Å². The van der Waals surface area contributed by atoms with E-state index in [2.05, 4.69) is 25.6 Å². The lowest BCUT2D eigenvalue weighted by Gasteiger charge is -2.16. The first-order valence-corrected chi connectivity index (χ1v) is 10.2. The van der Waals surface area contributed by atoms with E-state index in [9.17, 15) is 9.18 Å². The highest BCUT2D eigenvalue weighted by Crippen LogP contribution is 2.30. The molecule has 0 atom stereocenters. The molecular formula is C22H23ClFN5O2. The Morgan fingerprint density at radius 3 is 2.81 bits per heavy atom. The van der Waals surface area contributed by atoms with Gasteiger partial charge in [0, 0.05) is 42.3 Å². The Bertz CT molecular complexity index is 1080. The molecule has 0 aliphatic heterocycles. The third-order valence-electron chi connectivity index (χ3n) is 4.55. The molecule has 3 N–H and O–H groups in total. The average Bonchev–Trinajstić information content (AvgIpc) is 2.75. The minimum absolute atomic E-state index is 0.0139. The molecule has 3 aromatic rings. The number of nitrogens with zero attached hydrogens (tertiary/aromatic N) is 3. The van der Waals surface area contributed by atoms with Gasteiger partial charge < -0.3 is 15.7 Å². The molecule has 0 spiro atoms. The van der Waals surface area contributed by atoms with Crippen molar-refractivity contribution in [1.82, 2.24) is 20.3 Å². The molecule has 1 aromatic carbocycles. The van der Waals surface area contributed by atoms with Gasteiger partial charge in [0.05, 0.1) is 16.8 Å². The molecule has 0 saturated carbocycles. The van der Waals surface area contributed by atoms with E-state index in [1.165, 1.54) is 24.4 Å². The Morgan fingerprint density at radius 1 is 1.26 bits per heavy atom. The van der Waals surface area contributed by atoms with Crippen LogP contribution < -0.4 is 10.6 Å². The maximum Gasteiger partial charge on any atom is 0.254 e. The van der Waals surface area contributed by atoms with Crippen molar-refractivity contribution in [2.45, 2.75) is 26.2 Å². The van der Waals surface area contributed by atoms with Crippen molar-refractivity contribution in [3.63, 3.8) is 0 Å². The largest absolute Gasteiger partial charge is 0.396 e. The second-order valence-corrected chi connectivity index (χ2v) is 7.59. The lowest BCUT2D eigenvalue weighted by molar-refractivity contribution is 0.0951. The topological polar surface area (TPSA) is 100 Å². The van der Waals surface area contributed by atoms with Gasteiger partial charge in [0.25, 0.3) is 5.91 Å². The van der Waals surface area contributed by atoms with E-state index in [-0.39, 0.29) is 29.8 Å². The molecule has 1 amide bonds. The molecule has 31 heavy (non-hydrogen) atoms. The summed E-state index contributed by atoms with van der Waals surface area (Å²) in [7, 11) is 0. The van der Waals surface area contributed by atoms with Crippen LogP contribution in [0.1, 0.15) is 42.1 Å². The molecule has 0 radical (unpaired) electrons. The molecule has 2 aromatic heterocycles. The van der Waals surface area contributed by atoms with Gasteiger partial charge >= 0.3 is 0 Å². The summed E-state index contributed by atoms with van der Waals surface area (Å²) in [5.74, 6) is -0.111. The first kappa shape index (κ1) is 22.6. The standard InChI is InChI=1S/C22H23ClFN5O2/c1-13(2)16-12-27-20(15-10-14(23)4-5-18(15)24)29-21(16)28-19-6-8-25-11-17(19)22(31)26-7-3-9-30/h4-6,8,10-13,30H,3,7,9H2,1-2H3,(H,26,31)(H,25,27,28,29). The lowest BCUT2D eigenvalue weighted by Crippen LogP contribution is -2.26. The number of hydrogen-bond acceptors (Lipinski definition) is 6. The van der Waals surface area contributed by atoms with E-state index < -0.39 is 5.82 Å². The van der Waals surface area contributed by atoms with Gasteiger partial charge in [-0.3, -0.25) is 9.78 Å². The lowest BCUT2D eigenvalue weighted by atomic mass is 10.1. The van der Waals surface area contributed by atoms with Crippen LogP contribution in [0.15, 0.2) is 42.9 Å². The smallest absolute Gasteiger partial charge is 0.254 e. The molecule has 0 unspecified atom stereocenters. The summed E-state index contributed by atoms with van der Waals surface area (Å²) in [5, 5.41) is 15.2. The number of benzene rings is 1. The minimum Gasteiger partial charge on any atom is -0.396 e. The second-order valence-electron chi connectivity index (χ2n) is 7.16. The average molecular weight is 444 g/mol. The van der Waals surface area contributed by atoms with Crippen molar-refractivity contribution in [2.75, 3.05) is 18.5 Å². The number of pyridine rings is 1. The second kappa shape index (κ2) is 10.3. The third-order valence-corrected chi connectivity index (χ3v) is 4.78. The van der Waals surface area contributed by atoms with Crippen molar-refractivity contribution in [1.29, 1.82) is 0 Å². The van der Waals surface area contributed by atoms with E-state index in [1.54, 1.807) is 18.5 Å². The zero-order valence-electron chi connectivity index (χ0n) is 17.2. The highest BCUT2D eigenvalue weighted by molar-refractivity contribution is 6.30. The Morgan fingerprint density at radius 2 is 2.06 bits per heavy atom. The van der Waals surface area contributed by atoms with E-state index in [1.807, 2.05) is 13.8 Å². The number of amides is 1. The van der Waals surface area contributed by atoms with Crippen LogP contribution in [-0.4, -0.2) is 39.1 Å². The Labute approximate surface area is 184 Å². The van der Waals surface area contributed by atoms with Crippen molar-refractivity contribution < 1.29 is 14.3 Å². The number of halogens is 2. The molecule has 7 nitrogen and oxygen atoms in total. The predicted molar refractivity (Wildman–Crippen MR) is 118 cm³/mol. The molecule has 3 rings (SSSR count). The quantitative estimate of drug-likeness (QED) is 0.448. The maximum absolute atomic E-state index is 14.4. The van der Waals surface area contributed by atoms with Crippen molar-refractivity contribution in [2.24, 2.45) is 0 Å². The number of hydrogen-bond donors (Lipinski definition) is 3. The van der Waals surface area contributed by atoms with Gasteiger partial charge in [-0.05, 0) is 36.6 Å². The molecule has 162 valence electrons. The molecule has 2 heterocycles. The Kier molecular flexibility index (Phi) is 7.49. The normalized spacial score (nSPS) is 10.9. The summed E-state index contributed by atoms with van der Waals surface area (Å²) in [6.45, 7) is 4.30. The van der Waals surface area contributed by atoms with Crippen molar-refractivity contribution in [3.8, 4) is 11.4 Å². The number of carbonyl (C=O) groups excluding carboxylic acids is 1. The molecule has 0 fully saturated rings. The predicted octanol–water partition coefficient (Wildman–Crippen LogP) is 4.31. The fraction of sp³-hybridized carbons (Fsp3) is 0.273. The van der Waals surface area contributed by atoms with Crippen LogP contribution >= 0.6 is 11.6 Å². The molecular weight excluding hydrogens is 421 g/mol. The molecule has 9 heteroatoms. The Balaban J connectivity index is 1.99. The minimum atomic E-state index is -0.486. The molecule has 0 bridgehead atoms. The number of aliphatic hydroxyl groups is 1. The van der Waals surface area contributed by atoms with Crippen LogP contribution in [0, 0.1) is 5.82 Å². The van der Waals surface area contributed by atoms with Crippen LogP contribution in [0.25, 0.3) is 11.4 Å². The highest BCUT2D eigenvalue weighted by Gasteiger charge is 2.17. The van der Waals surface area contributed by atoms with Gasteiger partial charge in [-0.15, -0.1) is 0 Å². The molecule has 0 saturated heterocycles. The van der Waals surface area contributed by atoms with E-state index >= 15 is 0 Å². The van der Waals surface area contributed by atoms with Crippen LogP contribution in [-0.2, 0) is 0 Å². The molecule has 0 aliphatic carbocycles. The fourth-order valence-corrected chi connectivity index (χ4v) is 3.07. The monoisotopic (exact) mass is 443 g/mol.